The topological polar surface area (TPSA) is 72.9 Å². The van der Waals surface area contributed by atoms with Crippen molar-refractivity contribution < 1.29 is 4.79 Å². The van der Waals surface area contributed by atoms with E-state index in [9.17, 15) is 4.79 Å². The summed E-state index contributed by atoms with van der Waals surface area (Å²) < 4.78 is 2.00. The van der Waals surface area contributed by atoms with Crippen LogP contribution in [0.4, 0.5) is 5.69 Å². The Labute approximate surface area is 149 Å². The van der Waals surface area contributed by atoms with Crippen molar-refractivity contribution in [1.82, 2.24) is 9.78 Å². The molecule has 134 valence electrons. The summed E-state index contributed by atoms with van der Waals surface area (Å²) in [7, 11) is 0. The number of benzene rings is 1. The molecule has 2 unspecified atom stereocenters. The van der Waals surface area contributed by atoms with Gasteiger partial charge in [-0.2, -0.15) is 5.10 Å². The van der Waals surface area contributed by atoms with Gasteiger partial charge >= 0.3 is 0 Å². The van der Waals surface area contributed by atoms with Crippen LogP contribution >= 0.6 is 0 Å². The molecule has 5 heteroatoms. The second-order valence-electron chi connectivity index (χ2n) is 8.14. The minimum Gasteiger partial charge on any atom is -0.327 e. The molecular weight excluding hydrogens is 312 g/mol. The number of nitrogens with zero attached hydrogens (tertiary/aromatic N) is 2. The molecule has 2 fully saturated rings. The number of hydrogen-bond acceptors (Lipinski definition) is 3. The third-order valence-electron chi connectivity index (χ3n) is 6.14. The van der Waals surface area contributed by atoms with Gasteiger partial charge in [0, 0.05) is 29.1 Å². The van der Waals surface area contributed by atoms with Gasteiger partial charge in [-0.25, -0.2) is 0 Å². The van der Waals surface area contributed by atoms with Crippen molar-refractivity contribution in [1.29, 1.82) is 0 Å². The number of amides is 1. The first-order chi connectivity index (χ1) is 12.0. The van der Waals surface area contributed by atoms with Crippen LogP contribution in [0.25, 0.3) is 10.9 Å². The van der Waals surface area contributed by atoms with Gasteiger partial charge in [0.1, 0.15) is 0 Å². The molecule has 2 aliphatic rings. The largest absolute Gasteiger partial charge is 0.327 e. The van der Waals surface area contributed by atoms with E-state index in [0.29, 0.717) is 23.9 Å². The number of carbonyl (C=O) groups excluding carboxylic acids is 1. The molecule has 4 rings (SSSR count). The fraction of sp³-hybridized carbons (Fsp3) is 0.600. The lowest BCUT2D eigenvalue weighted by atomic mass is 9.65. The number of fused-ring (bicyclic) bond motifs is 3. The monoisotopic (exact) mass is 340 g/mol. The molecule has 0 saturated heterocycles. The molecule has 2 aromatic rings. The predicted molar refractivity (Wildman–Crippen MR) is 100 cm³/mol. The Bertz CT molecular complexity index is 767. The first-order valence-corrected chi connectivity index (χ1v) is 9.56. The van der Waals surface area contributed by atoms with Crippen molar-refractivity contribution >= 4 is 22.5 Å². The van der Waals surface area contributed by atoms with Crippen molar-refractivity contribution in [2.45, 2.75) is 58.0 Å². The predicted octanol–water partition coefficient (Wildman–Crippen LogP) is 3.71. The van der Waals surface area contributed by atoms with Crippen LogP contribution in [0.2, 0.25) is 0 Å². The van der Waals surface area contributed by atoms with Crippen molar-refractivity contribution in [2.75, 3.05) is 5.32 Å². The fourth-order valence-electron chi connectivity index (χ4n) is 4.77. The zero-order valence-corrected chi connectivity index (χ0v) is 15.1. The highest BCUT2D eigenvalue weighted by Gasteiger charge is 2.40. The quantitative estimate of drug-likeness (QED) is 0.894. The summed E-state index contributed by atoms with van der Waals surface area (Å²) in [5.41, 5.74) is 8.28. The lowest BCUT2D eigenvalue weighted by Gasteiger charge is -2.43. The van der Waals surface area contributed by atoms with E-state index < -0.39 is 0 Å². The molecule has 2 atom stereocenters. The highest BCUT2D eigenvalue weighted by molar-refractivity contribution is 5.95. The van der Waals surface area contributed by atoms with Gasteiger partial charge in [-0.15, -0.1) is 0 Å². The number of nitrogens with two attached hydrogens (primary N) is 1. The van der Waals surface area contributed by atoms with E-state index in [1.54, 1.807) is 0 Å². The molecule has 5 nitrogen and oxygen atoms in total. The minimum atomic E-state index is 0.0980. The summed E-state index contributed by atoms with van der Waals surface area (Å²) in [5.74, 6) is 1.29. The van der Waals surface area contributed by atoms with E-state index in [1.165, 1.54) is 19.3 Å². The average Bonchev–Trinajstić information content (AvgIpc) is 2.97. The molecule has 0 radical (unpaired) electrons. The van der Waals surface area contributed by atoms with Gasteiger partial charge in [-0.05, 0) is 69.6 Å². The van der Waals surface area contributed by atoms with E-state index in [-0.39, 0.29) is 11.8 Å². The van der Waals surface area contributed by atoms with Crippen molar-refractivity contribution in [3.8, 4) is 0 Å². The Kier molecular flexibility index (Phi) is 4.28. The Morgan fingerprint density at radius 3 is 2.68 bits per heavy atom. The number of rotatable bonds is 3. The third kappa shape index (κ3) is 3.06. The Morgan fingerprint density at radius 1 is 1.28 bits per heavy atom. The van der Waals surface area contributed by atoms with Crippen LogP contribution in [0, 0.1) is 17.8 Å². The number of carbonyl (C=O) groups is 1. The molecule has 0 aliphatic heterocycles. The lowest BCUT2D eigenvalue weighted by Crippen LogP contribution is -2.48. The molecule has 1 amide bonds. The van der Waals surface area contributed by atoms with Gasteiger partial charge in [0.05, 0.1) is 11.7 Å². The van der Waals surface area contributed by atoms with Gasteiger partial charge in [0.15, 0.2) is 0 Å². The molecule has 2 bridgehead atoms. The third-order valence-corrected chi connectivity index (χ3v) is 6.14. The second kappa shape index (κ2) is 6.45. The average molecular weight is 340 g/mol. The van der Waals surface area contributed by atoms with Crippen molar-refractivity contribution in [2.24, 2.45) is 23.5 Å². The van der Waals surface area contributed by atoms with Crippen LogP contribution in [-0.4, -0.2) is 21.7 Å². The number of anilines is 1. The summed E-state index contributed by atoms with van der Waals surface area (Å²) in [6, 6.07) is 6.64. The van der Waals surface area contributed by atoms with Crippen LogP contribution in [0.1, 0.15) is 52.0 Å². The summed E-state index contributed by atoms with van der Waals surface area (Å²) in [4.78, 5) is 12.8. The van der Waals surface area contributed by atoms with E-state index in [4.69, 9.17) is 5.73 Å². The highest BCUT2D eigenvalue weighted by Crippen LogP contribution is 2.42. The van der Waals surface area contributed by atoms with E-state index >= 15 is 0 Å². The molecule has 25 heavy (non-hydrogen) atoms. The van der Waals surface area contributed by atoms with Gasteiger partial charge in [-0.1, -0.05) is 6.42 Å². The maximum atomic E-state index is 12.8. The second-order valence-corrected chi connectivity index (χ2v) is 8.14. The van der Waals surface area contributed by atoms with E-state index in [0.717, 1.165) is 29.4 Å². The van der Waals surface area contributed by atoms with Crippen LogP contribution in [-0.2, 0) is 4.79 Å². The molecule has 1 heterocycles. The molecule has 1 aromatic heterocycles. The van der Waals surface area contributed by atoms with Crippen LogP contribution in [0.15, 0.2) is 24.4 Å². The summed E-state index contributed by atoms with van der Waals surface area (Å²) >= 11 is 0. The molecule has 1 aromatic carbocycles. The summed E-state index contributed by atoms with van der Waals surface area (Å²) in [6.07, 6.45) is 7.39. The number of aromatic nitrogens is 2. The zero-order chi connectivity index (χ0) is 17.6. The van der Waals surface area contributed by atoms with Crippen molar-refractivity contribution in [3.63, 3.8) is 0 Å². The maximum absolute atomic E-state index is 12.8. The molecule has 0 spiro atoms. The van der Waals surface area contributed by atoms with Gasteiger partial charge in [-0.3, -0.25) is 9.48 Å². The summed E-state index contributed by atoms with van der Waals surface area (Å²) in [5, 5.41) is 8.69. The van der Waals surface area contributed by atoms with Gasteiger partial charge in [0.2, 0.25) is 5.91 Å². The lowest BCUT2D eigenvalue weighted by molar-refractivity contribution is -0.122. The Hall–Kier alpha value is -1.88. The Morgan fingerprint density at radius 2 is 2.00 bits per heavy atom. The molecular formula is C20H28N4O. The van der Waals surface area contributed by atoms with Crippen LogP contribution in [0.5, 0.6) is 0 Å². The molecule has 3 N–H and O–H groups in total. The minimum absolute atomic E-state index is 0.0980. The molecule has 2 aliphatic carbocycles. The van der Waals surface area contributed by atoms with Gasteiger partial charge in [0.25, 0.3) is 0 Å². The SMILES string of the molecule is CC(C)n1ncc2ccc(NC(=O)C3CC4CCCC(C3)C4N)cc21. The number of nitrogens with one attached hydrogen (secondary N) is 1. The van der Waals surface area contributed by atoms with Crippen molar-refractivity contribution in [3.05, 3.63) is 24.4 Å². The Balaban J connectivity index is 1.51. The van der Waals surface area contributed by atoms with E-state index in [1.807, 2.05) is 29.1 Å². The number of hydrogen-bond donors (Lipinski definition) is 2. The fourth-order valence-corrected chi connectivity index (χ4v) is 4.77. The maximum Gasteiger partial charge on any atom is 0.227 e. The smallest absolute Gasteiger partial charge is 0.227 e. The first-order valence-electron chi connectivity index (χ1n) is 9.56. The zero-order valence-electron chi connectivity index (χ0n) is 15.1. The van der Waals surface area contributed by atoms with Gasteiger partial charge < -0.3 is 11.1 Å². The van der Waals surface area contributed by atoms with E-state index in [2.05, 4.69) is 24.3 Å². The normalized spacial score (nSPS) is 29.1. The highest BCUT2D eigenvalue weighted by atomic mass is 16.1. The standard InChI is InChI=1S/C20H28N4O/c1-12(2)24-18-10-17(7-6-15(18)11-22-24)23-20(25)16-8-13-4-3-5-14(9-16)19(13)21/h6-7,10-14,16,19H,3-5,8-9,21H2,1-2H3,(H,23,25). The molecule has 2 saturated carbocycles. The van der Waals surface area contributed by atoms with Crippen LogP contribution < -0.4 is 11.1 Å². The van der Waals surface area contributed by atoms with Crippen LogP contribution in [0.3, 0.4) is 0 Å². The first kappa shape index (κ1) is 16.6. The summed E-state index contributed by atoms with van der Waals surface area (Å²) in [6.45, 7) is 4.23.